The molecule has 0 amide bonds. The van der Waals surface area contributed by atoms with Gasteiger partial charge in [-0.05, 0) is 36.8 Å². The lowest BCUT2D eigenvalue weighted by Crippen LogP contribution is -1.90. The van der Waals surface area contributed by atoms with E-state index in [1.807, 2.05) is 37.3 Å². The Balaban J connectivity index is 2.39. The average Bonchev–Trinajstić information content (AvgIpc) is 2.29. The zero-order chi connectivity index (χ0) is 12.3. The van der Waals surface area contributed by atoms with E-state index in [1.165, 1.54) is 0 Å². The molecule has 1 heterocycles. The van der Waals surface area contributed by atoms with E-state index in [2.05, 4.69) is 4.98 Å². The van der Waals surface area contributed by atoms with Crippen LogP contribution in [0.3, 0.4) is 0 Å². The van der Waals surface area contributed by atoms with Gasteiger partial charge in [-0.2, -0.15) is 0 Å². The first kappa shape index (κ1) is 11.6. The van der Waals surface area contributed by atoms with Gasteiger partial charge in [0.05, 0.1) is 12.3 Å². The molecule has 0 aliphatic carbocycles. The Kier molecular flexibility index (Phi) is 3.40. The van der Waals surface area contributed by atoms with Gasteiger partial charge in [-0.15, -0.1) is 0 Å². The molecule has 0 aliphatic rings. The van der Waals surface area contributed by atoms with E-state index in [9.17, 15) is 5.11 Å². The highest BCUT2D eigenvalue weighted by Crippen LogP contribution is 2.28. The third-order valence-corrected chi connectivity index (χ3v) is 2.54. The van der Waals surface area contributed by atoms with E-state index in [4.69, 9.17) is 4.74 Å². The van der Waals surface area contributed by atoms with Crippen LogP contribution in [0.2, 0.25) is 0 Å². The van der Waals surface area contributed by atoms with Crippen LogP contribution in [0.1, 0.15) is 11.3 Å². The van der Waals surface area contributed by atoms with Gasteiger partial charge >= 0.3 is 0 Å². The standard InChI is InChI=1S/C14H15NO2/c1-10-4-3-5-13(15-10)12-7-6-11(9-17-2)8-14(12)16/h3-8,16H,9H2,1-2H3. The Labute approximate surface area is 101 Å². The summed E-state index contributed by atoms with van der Waals surface area (Å²) in [6.07, 6.45) is 0. The quantitative estimate of drug-likeness (QED) is 0.879. The Hall–Kier alpha value is -1.87. The Morgan fingerprint density at radius 2 is 2.06 bits per heavy atom. The van der Waals surface area contributed by atoms with E-state index < -0.39 is 0 Å². The molecule has 3 heteroatoms. The summed E-state index contributed by atoms with van der Waals surface area (Å²) in [5.74, 6) is 0.234. The fraction of sp³-hybridized carbons (Fsp3) is 0.214. The average molecular weight is 229 g/mol. The number of methoxy groups -OCH3 is 1. The van der Waals surface area contributed by atoms with E-state index in [0.29, 0.717) is 6.61 Å². The second-order valence-corrected chi connectivity index (χ2v) is 3.95. The van der Waals surface area contributed by atoms with Crippen LogP contribution in [0.25, 0.3) is 11.3 Å². The molecule has 3 nitrogen and oxygen atoms in total. The molecule has 1 aromatic carbocycles. The normalized spacial score (nSPS) is 10.5. The number of aromatic nitrogens is 1. The second kappa shape index (κ2) is 4.97. The van der Waals surface area contributed by atoms with Gasteiger partial charge in [-0.25, -0.2) is 0 Å². The molecule has 2 rings (SSSR count). The van der Waals surface area contributed by atoms with Crippen molar-refractivity contribution in [3.8, 4) is 17.0 Å². The number of hydrogen-bond donors (Lipinski definition) is 1. The molecule has 17 heavy (non-hydrogen) atoms. The molecule has 2 aromatic rings. The minimum Gasteiger partial charge on any atom is -0.507 e. The highest BCUT2D eigenvalue weighted by atomic mass is 16.5. The van der Waals surface area contributed by atoms with Crippen LogP contribution in [0.15, 0.2) is 36.4 Å². The Morgan fingerprint density at radius 3 is 2.71 bits per heavy atom. The lowest BCUT2D eigenvalue weighted by molar-refractivity contribution is 0.184. The van der Waals surface area contributed by atoms with Crippen molar-refractivity contribution in [3.63, 3.8) is 0 Å². The summed E-state index contributed by atoms with van der Waals surface area (Å²) in [7, 11) is 1.63. The maximum atomic E-state index is 9.97. The van der Waals surface area contributed by atoms with Crippen LogP contribution in [-0.4, -0.2) is 17.2 Å². The summed E-state index contributed by atoms with van der Waals surface area (Å²) >= 11 is 0. The minimum absolute atomic E-state index is 0.234. The SMILES string of the molecule is COCc1ccc(-c2cccc(C)n2)c(O)c1. The van der Waals surface area contributed by atoms with Crippen LogP contribution >= 0.6 is 0 Å². The molecule has 0 bridgehead atoms. The van der Waals surface area contributed by atoms with Crippen molar-refractivity contribution in [1.82, 2.24) is 4.98 Å². The van der Waals surface area contributed by atoms with Gasteiger partial charge in [0.15, 0.2) is 0 Å². The van der Waals surface area contributed by atoms with Gasteiger partial charge in [-0.1, -0.05) is 12.1 Å². The second-order valence-electron chi connectivity index (χ2n) is 3.95. The van der Waals surface area contributed by atoms with Crippen LogP contribution in [0, 0.1) is 6.92 Å². The molecule has 1 aromatic heterocycles. The molecule has 0 saturated carbocycles. The number of rotatable bonds is 3. The highest BCUT2D eigenvalue weighted by molar-refractivity contribution is 5.67. The Morgan fingerprint density at radius 1 is 1.24 bits per heavy atom. The lowest BCUT2D eigenvalue weighted by Gasteiger charge is -2.07. The smallest absolute Gasteiger partial charge is 0.125 e. The molecule has 0 fully saturated rings. The number of pyridine rings is 1. The number of phenolic OH excluding ortho intramolecular Hbond substituents is 1. The topological polar surface area (TPSA) is 42.4 Å². The van der Waals surface area contributed by atoms with Gasteiger partial charge in [0.25, 0.3) is 0 Å². The van der Waals surface area contributed by atoms with E-state index in [-0.39, 0.29) is 5.75 Å². The van der Waals surface area contributed by atoms with Crippen molar-refractivity contribution < 1.29 is 9.84 Å². The third kappa shape index (κ3) is 2.63. The number of aromatic hydroxyl groups is 1. The van der Waals surface area contributed by atoms with Gasteiger partial charge in [0.1, 0.15) is 5.75 Å². The van der Waals surface area contributed by atoms with Crippen LogP contribution in [0.5, 0.6) is 5.75 Å². The number of nitrogens with zero attached hydrogens (tertiary/aromatic N) is 1. The number of benzene rings is 1. The number of phenols is 1. The molecule has 0 aliphatic heterocycles. The molecule has 0 radical (unpaired) electrons. The van der Waals surface area contributed by atoms with Gasteiger partial charge in [-0.3, -0.25) is 4.98 Å². The zero-order valence-electron chi connectivity index (χ0n) is 9.97. The van der Waals surface area contributed by atoms with Gasteiger partial charge < -0.3 is 9.84 Å². The van der Waals surface area contributed by atoms with Crippen LogP contribution in [0.4, 0.5) is 0 Å². The van der Waals surface area contributed by atoms with Crippen molar-refractivity contribution in [2.45, 2.75) is 13.5 Å². The Bertz CT molecular complexity index is 523. The monoisotopic (exact) mass is 229 g/mol. The summed E-state index contributed by atoms with van der Waals surface area (Å²) in [5.41, 5.74) is 3.41. The first-order valence-corrected chi connectivity index (χ1v) is 5.45. The molecule has 0 spiro atoms. The molecule has 0 saturated heterocycles. The van der Waals surface area contributed by atoms with Crippen molar-refractivity contribution in [3.05, 3.63) is 47.7 Å². The highest BCUT2D eigenvalue weighted by Gasteiger charge is 2.06. The molecular weight excluding hydrogens is 214 g/mol. The molecule has 0 atom stereocenters. The third-order valence-electron chi connectivity index (χ3n) is 2.54. The van der Waals surface area contributed by atoms with E-state index >= 15 is 0 Å². The molecule has 0 unspecified atom stereocenters. The maximum Gasteiger partial charge on any atom is 0.125 e. The van der Waals surface area contributed by atoms with E-state index in [1.54, 1.807) is 13.2 Å². The number of ether oxygens (including phenoxy) is 1. The predicted octanol–water partition coefficient (Wildman–Crippen LogP) is 2.91. The van der Waals surface area contributed by atoms with Gasteiger partial charge in [0.2, 0.25) is 0 Å². The van der Waals surface area contributed by atoms with E-state index in [0.717, 1.165) is 22.5 Å². The molecule has 88 valence electrons. The summed E-state index contributed by atoms with van der Waals surface area (Å²) in [4.78, 5) is 4.39. The number of aryl methyl sites for hydroxylation is 1. The van der Waals surface area contributed by atoms with Crippen molar-refractivity contribution >= 4 is 0 Å². The van der Waals surface area contributed by atoms with Crippen molar-refractivity contribution in [1.29, 1.82) is 0 Å². The molecule has 1 N–H and O–H groups in total. The first-order valence-electron chi connectivity index (χ1n) is 5.45. The summed E-state index contributed by atoms with van der Waals surface area (Å²) in [5, 5.41) is 9.97. The maximum absolute atomic E-state index is 9.97. The molecular formula is C14H15NO2. The van der Waals surface area contributed by atoms with Crippen LogP contribution < -0.4 is 0 Å². The van der Waals surface area contributed by atoms with Gasteiger partial charge in [0, 0.05) is 18.4 Å². The van der Waals surface area contributed by atoms with Crippen molar-refractivity contribution in [2.24, 2.45) is 0 Å². The fourth-order valence-corrected chi connectivity index (χ4v) is 1.74. The predicted molar refractivity (Wildman–Crippen MR) is 66.8 cm³/mol. The summed E-state index contributed by atoms with van der Waals surface area (Å²) < 4.78 is 5.02. The summed E-state index contributed by atoms with van der Waals surface area (Å²) in [6, 6.07) is 11.3. The van der Waals surface area contributed by atoms with Crippen LogP contribution in [-0.2, 0) is 11.3 Å². The zero-order valence-corrected chi connectivity index (χ0v) is 9.97. The van der Waals surface area contributed by atoms with Crippen molar-refractivity contribution in [2.75, 3.05) is 7.11 Å². The minimum atomic E-state index is 0.234. The largest absolute Gasteiger partial charge is 0.507 e. The fourth-order valence-electron chi connectivity index (χ4n) is 1.74. The number of hydrogen-bond acceptors (Lipinski definition) is 3. The summed E-state index contributed by atoms with van der Waals surface area (Å²) in [6.45, 7) is 2.43. The first-order chi connectivity index (χ1) is 8.20. The lowest BCUT2D eigenvalue weighted by atomic mass is 10.1.